The number of rotatable bonds is 7. The zero-order valence-corrected chi connectivity index (χ0v) is 13.0. The van der Waals surface area contributed by atoms with Crippen molar-refractivity contribution in [2.75, 3.05) is 13.6 Å². The molecule has 0 aromatic heterocycles. The molecular weight excluding hydrogens is 320 g/mol. The van der Waals surface area contributed by atoms with Crippen LogP contribution in [0.4, 0.5) is 0 Å². The van der Waals surface area contributed by atoms with E-state index in [0.717, 1.165) is 24.3 Å². The molecule has 0 radical (unpaired) electrons. The summed E-state index contributed by atoms with van der Waals surface area (Å²) in [6.45, 7) is 1.11. The molecule has 1 atom stereocenters. The normalized spacial score (nSPS) is 13.8. The first kappa shape index (κ1) is 17.6. The van der Waals surface area contributed by atoms with Crippen LogP contribution in [0.2, 0.25) is 0 Å². The Hall–Kier alpha value is -1.49. The summed E-state index contributed by atoms with van der Waals surface area (Å²) in [4.78, 5) is 10.4. The number of hydrogen-bond donors (Lipinski definition) is 3. The second-order valence-corrected chi connectivity index (χ2v) is 7.92. The molecule has 0 saturated heterocycles. The van der Waals surface area contributed by atoms with Crippen LogP contribution in [-0.4, -0.2) is 41.5 Å². The first-order chi connectivity index (χ1) is 9.60. The van der Waals surface area contributed by atoms with Gasteiger partial charge in [-0.05, 0) is 31.3 Å². The minimum absolute atomic E-state index is 0.0668. The van der Waals surface area contributed by atoms with Crippen molar-refractivity contribution in [3.63, 3.8) is 0 Å². The third-order valence-electron chi connectivity index (χ3n) is 2.71. The van der Waals surface area contributed by atoms with Gasteiger partial charge in [-0.2, -0.15) is 0 Å². The first-order valence-electron chi connectivity index (χ1n) is 5.86. The highest BCUT2D eigenvalue weighted by molar-refractivity contribution is 7.90. The molecule has 0 amide bonds. The maximum Gasteiger partial charge on any atom is 0.307 e. The Balaban J connectivity index is 2.93. The van der Waals surface area contributed by atoms with Gasteiger partial charge in [0, 0.05) is 6.54 Å². The highest BCUT2D eigenvalue weighted by Crippen LogP contribution is 2.14. The fourth-order valence-electron chi connectivity index (χ4n) is 1.32. The van der Waals surface area contributed by atoms with Crippen LogP contribution in [0.25, 0.3) is 0 Å². The molecule has 0 bridgehead atoms. The predicted octanol–water partition coefficient (Wildman–Crippen LogP) is -0.406. The fraction of sp³-hybridized carbons (Fsp3) is 0.364. The van der Waals surface area contributed by atoms with Crippen molar-refractivity contribution in [2.24, 2.45) is 5.92 Å². The molecule has 1 aromatic rings. The molecule has 0 fully saturated rings. The van der Waals surface area contributed by atoms with Gasteiger partial charge in [-0.15, -0.1) is 0 Å². The minimum Gasteiger partial charge on any atom is -0.481 e. The highest BCUT2D eigenvalue weighted by atomic mass is 32.2. The van der Waals surface area contributed by atoms with Crippen molar-refractivity contribution in [3.05, 3.63) is 24.3 Å². The van der Waals surface area contributed by atoms with E-state index < -0.39 is 31.9 Å². The molecule has 10 heteroatoms. The lowest BCUT2D eigenvalue weighted by atomic mass is 10.2. The van der Waals surface area contributed by atoms with Crippen molar-refractivity contribution >= 4 is 26.0 Å². The molecule has 0 saturated carbocycles. The smallest absolute Gasteiger partial charge is 0.307 e. The van der Waals surface area contributed by atoms with Crippen molar-refractivity contribution < 1.29 is 26.7 Å². The summed E-state index contributed by atoms with van der Waals surface area (Å²) in [5.41, 5.74) is 0. The Bertz CT molecular complexity index is 710. The van der Waals surface area contributed by atoms with Gasteiger partial charge in [0.05, 0.1) is 15.7 Å². The van der Waals surface area contributed by atoms with Crippen LogP contribution in [0, 0.1) is 5.92 Å². The zero-order chi connectivity index (χ0) is 16.3. The van der Waals surface area contributed by atoms with E-state index in [4.69, 9.17) is 5.11 Å². The van der Waals surface area contributed by atoms with Crippen LogP contribution in [0.5, 0.6) is 0 Å². The van der Waals surface area contributed by atoms with Gasteiger partial charge in [-0.3, -0.25) is 4.79 Å². The number of aliphatic carboxylic acids is 1. The summed E-state index contributed by atoms with van der Waals surface area (Å²) < 4.78 is 51.1. The third-order valence-corrected chi connectivity index (χ3v) is 5.58. The minimum atomic E-state index is -3.89. The summed E-state index contributed by atoms with van der Waals surface area (Å²) in [5.74, 6) is -1.99. The Morgan fingerprint density at radius 1 is 1.10 bits per heavy atom. The van der Waals surface area contributed by atoms with Gasteiger partial charge in [0.25, 0.3) is 0 Å². The lowest BCUT2D eigenvalue weighted by Gasteiger charge is -2.10. The van der Waals surface area contributed by atoms with E-state index in [2.05, 4.69) is 9.44 Å². The largest absolute Gasteiger partial charge is 0.481 e. The standard InChI is InChI=1S/C11H16N2O6S2/c1-8(11(14)15)7-13-21(18,19)10-5-3-9(4-6-10)20(16,17)12-2/h3-6,8,12-13H,7H2,1-2H3,(H,14,15). The molecule has 1 unspecified atom stereocenters. The summed E-state index contributed by atoms with van der Waals surface area (Å²) in [6.07, 6.45) is 0. The van der Waals surface area contributed by atoms with E-state index in [1.54, 1.807) is 0 Å². The Morgan fingerprint density at radius 2 is 1.52 bits per heavy atom. The molecule has 1 rings (SSSR count). The number of nitrogens with one attached hydrogen (secondary N) is 2. The van der Waals surface area contributed by atoms with Crippen LogP contribution in [-0.2, 0) is 24.8 Å². The predicted molar refractivity (Wildman–Crippen MR) is 74.7 cm³/mol. The van der Waals surface area contributed by atoms with Crippen LogP contribution in [0.3, 0.4) is 0 Å². The van der Waals surface area contributed by atoms with Crippen LogP contribution >= 0.6 is 0 Å². The number of sulfonamides is 2. The summed E-state index contributed by atoms with van der Waals surface area (Å²) >= 11 is 0. The molecule has 0 aliphatic heterocycles. The van der Waals surface area contributed by atoms with E-state index in [1.807, 2.05) is 0 Å². The molecule has 21 heavy (non-hydrogen) atoms. The molecule has 0 aliphatic carbocycles. The first-order valence-corrected chi connectivity index (χ1v) is 8.83. The summed E-state index contributed by atoms with van der Waals surface area (Å²) in [6, 6.07) is 4.58. The van der Waals surface area contributed by atoms with Crippen LogP contribution in [0.1, 0.15) is 6.92 Å². The Morgan fingerprint density at radius 3 is 1.90 bits per heavy atom. The maximum atomic E-state index is 11.9. The van der Waals surface area contributed by atoms with Gasteiger partial charge in [0.2, 0.25) is 20.0 Å². The third kappa shape index (κ3) is 4.49. The number of hydrogen-bond acceptors (Lipinski definition) is 5. The van der Waals surface area contributed by atoms with E-state index in [9.17, 15) is 21.6 Å². The van der Waals surface area contributed by atoms with Crippen molar-refractivity contribution in [1.29, 1.82) is 0 Å². The fourth-order valence-corrected chi connectivity index (χ4v) is 3.18. The van der Waals surface area contributed by atoms with Crippen molar-refractivity contribution in [2.45, 2.75) is 16.7 Å². The Kier molecular flexibility index (Phi) is 5.45. The lowest BCUT2D eigenvalue weighted by molar-refractivity contribution is -0.140. The van der Waals surface area contributed by atoms with Crippen molar-refractivity contribution in [1.82, 2.24) is 9.44 Å². The quantitative estimate of drug-likeness (QED) is 0.621. The molecule has 0 heterocycles. The van der Waals surface area contributed by atoms with E-state index in [0.29, 0.717) is 0 Å². The number of carbonyl (C=O) groups is 1. The van der Waals surface area contributed by atoms with E-state index in [-0.39, 0.29) is 16.3 Å². The van der Waals surface area contributed by atoms with Gasteiger partial charge < -0.3 is 5.11 Å². The molecule has 8 nitrogen and oxygen atoms in total. The monoisotopic (exact) mass is 336 g/mol. The average Bonchev–Trinajstić information content (AvgIpc) is 2.44. The maximum absolute atomic E-state index is 11.9. The second kappa shape index (κ2) is 6.52. The topological polar surface area (TPSA) is 130 Å². The molecular formula is C11H16N2O6S2. The zero-order valence-electron chi connectivity index (χ0n) is 11.4. The van der Waals surface area contributed by atoms with E-state index >= 15 is 0 Å². The van der Waals surface area contributed by atoms with Gasteiger partial charge in [0.1, 0.15) is 0 Å². The number of benzene rings is 1. The number of carboxylic acid groups (broad SMARTS) is 1. The summed E-state index contributed by atoms with van der Waals surface area (Å²) in [5, 5.41) is 8.69. The second-order valence-electron chi connectivity index (χ2n) is 4.27. The SMILES string of the molecule is CNS(=O)(=O)c1ccc(S(=O)(=O)NCC(C)C(=O)O)cc1. The molecule has 0 spiro atoms. The Labute approximate surface area is 123 Å². The van der Waals surface area contributed by atoms with Gasteiger partial charge in [-0.1, -0.05) is 6.92 Å². The van der Waals surface area contributed by atoms with Gasteiger partial charge >= 0.3 is 5.97 Å². The lowest BCUT2D eigenvalue weighted by Crippen LogP contribution is -2.31. The molecule has 3 N–H and O–H groups in total. The molecule has 1 aromatic carbocycles. The average molecular weight is 336 g/mol. The number of carboxylic acids is 1. The summed E-state index contributed by atoms with van der Waals surface area (Å²) in [7, 11) is -6.28. The molecule has 0 aliphatic rings. The van der Waals surface area contributed by atoms with Gasteiger partial charge in [-0.25, -0.2) is 26.3 Å². The highest BCUT2D eigenvalue weighted by Gasteiger charge is 2.19. The van der Waals surface area contributed by atoms with E-state index in [1.165, 1.54) is 14.0 Å². The van der Waals surface area contributed by atoms with Crippen molar-refractivity contribution in [3.8, 4) is 0 Å². The molecule has 118 valence electrons. The van der Waals surface area contributed by atoms with Crippen LogP contribution in [0.15, 0.2) is 34.1 Å². The van der Waals surface area contributed by atoms with Crippen LogP contribution < -0.4 is 9.44 Å². The van der Waals surface area contributed by atoms with Gasteiger partial charge in [0.15, 0.2) is 0 Å².